The summed E-state index contributed by atoms with van der Waals surface area (Å²) in [4.78, 5) is 34.8. The van der Waals surface area contributed by atoms with Gasteiger partial charge in [-0.3, -0.25) is 9.59 Å². The molecule has 1 aromatic carbocycles. The van der Waals surface area contributed by atoms with Crippen LogP contribution in [-0.4, -0.2) is 35.0 Å². The monoisotopic (exact) mass is 340 g/mol. The number of halogens is 1. The minimum Gasteiger partial charge on any atom is -0.480 e. The molecule has 0 saturated heterocycles. The van der Waals surface area contributed by atoms with E-state index in [0.717, 1.165) is 5.56 Å². The standard InChI is InChI=1S/C16H21ClN2O4/c1-9(2)14(18-10(3)20)15(21)19-13(16(22)23)8-11-4-6-12(17)7-5-11/h4-7,9,13-14H,8H2,1-3H3,(H,18,20)(H,19,21)(H,22,23)/t13-,14-/m1/s1. The van der Waals surface area contributed by atoms with Crippen LogP contribution in [0.3, 0.4) is 0 Å². The van der Waals surface area contributed by atoms with E-state index in [1.807, 2.05) is 0 Å². The molecular formula is C16H21ClN2O4. The van der Waals surface area contributed by atoms with Gasteiger partial charge in [0, 0.05) is 18.4 Å². The second kappa shape index (κ2) is 8.53. The number of hydrogen-bond donors (Lipinski definition) is 3. The topological polar surface area (TPSA) is 95.5 Å². The second-order valence-electron chi connectivity index (χ2n) is 5.65. The first-order valence-corrected chi connectivity index (χ1v) is 7.63. The molecular weight excluding hydrogens is 320 g/mol. The Kier molecular flexibility index (Phi) is 7.03. The van der Waals surface area contributed by atoms with Crippen LogP contribution in [0.4, 0.5) is 0 Å². The molecule has 0 radical (unpaired) electrons. The summed E-state index contributed by atoms with van der Waals surface area (Å²) in [6, 6.07) is 4.87. The van der Waals surface area contributed by atoms with Gasteiger partial charge in [-0.2, -0.15) is 0 Å². The van der Waals surface area contributed by atoms with Crippen LogP contribution in [0.25, 0.3) is 0 Å². The van der Waals surface area contributed by atoms with Gasteiger partial charge >= 0.3 is 5.97 Å². The zero-order valence-corrected chi connectivity index (χ0v) is 14.1. The molecule has 23 heavy (non-hydrogen) atoms. The summed E-state index contributed by atoms with van der Waals surface area (Å²) in [6.45, 7) is 4.86. The lowest BCUT2D eigenvalue weighted by molar-refractivity contribution is -0.142. The number of carboxylic acid groups (broad SMARTS) is 1. The van der Waals surface area contributed by atoms with E-state index in [1.165, 1.54) is 6.92 Å². The molecule has 2 amide bonds. The summed E-state index contributed by atoms with van der Waals surface area (Å²) in [5.41, 5.74) is 0.739. The number of carbonyl (C=O) groups excluding carboxylic acids is 2. The molecule has 0 unspecified atom stereocenters. The van der Waals surface area contributed by atoms with Crippen molar-refractivity contribution >= 4 is 29.4 Å². The Morgan fingerprint density at radius 1 is 1.13 bits per heavy atom. The number of hydrogen-bond acceptors (Lipinski definition) is 3. The molecule has 0 saturated carbocycles. The smallest absolute Gasteiger partial charge is 0.326 e. The van der Waals surface area contributed by atoms with Crippen LogP contribution in [0.5, 0.6) is 0 Å². The summed E-state index contributed by atoms with van der Waals surface area (Å²) < 4.78 is 0. The Bertz CT molecular complexity index is 572. The lowest BCUT2D eigenvalue weighted by atomic mass is 10.0. The summed E-state index contributed by atoms with van der Waals surface area (Å²) in [5, 5.41) is 14.9. The van der Waals surface area contributed by atoms with Gasteiger partial charge in [-0.15, -0.1) is 0 Å². The van der Waals surface area contributed by atoms with Crippen LogP contribution in [0.1, 0.15) is 26.3 Å². The maximum Gasteiger partial charge on any atom is 0.326 e. The Hall–Kier alpha value is -2.08. The van der Waals surface area contributed by atoms with Crippen molar-refractivity contribution in [2.45, 2.75) is 39.3 Å². The number of rotatable bonds is 7. The quantitative estimate of drug-likeness (QED) is 0.702. The van der Waals surface area contributed by atoms with Crippen LogP contribution in [0.2, 0.25) is 5.02 Å². The summed E-state index contributed by atoms with van der Waals surface area (Å²) in [7, 11) is 0. The highest BCUT2D eigenvalue weighted by atomic mass is 35.5. The van der Waals surface area contributed by atoms with Gasteiger partial charge in [-0.05, 0) is 23.6 Å². The lowest BCUT2D eigenvalue weighted by Crippen LogP contribution is -2.53. The molecule has 1 rings (SSSR count). The van der Waals surface area contributed by atoms with E-state index in [-0.39, 0.29) is 18.2 Å². The molecule has 0 fully saturated rings. The normalized spacial score (nSPS) is 13.3. The van der Waals surface area contributed by atoms with Crippen molar-refractivity contribution in [3.63, 3.8) is 0 Å². The van der Waals surface area contributed by atoms with Gasteiger partial charge in [-0.1, -0.05) is 37.6 Å². The molecule has 2 atom stereocenters. The molecule has 0 spiro atoms. The van der Waals surface area contributed by atoms with Gasteiger partial charge < -0.3 is 15.7 Å². The van der Waals surface area contributed by atoms with Gasteiger partial charge in [0.05, 0.1) is 0 Å². The number of carboxylic acids is 1. The van der Waals surface area contributed by atoms with Crippen molar-refractivity contribution in [3.8, 4) is 0 Å². The summed E-state index contributed by atoms with van der Waals surface area (Å²) in [5.74, 6) is -2.16. The first-order valence-electron chi connectivity index (χ1n) is 7.25. The van der Waals surface area contributed by atoms with E-state index >= 15 is 0 Å². The van der Waals surface area contributed by atoms with Gasteiger partial charge in [0.1, 0.15) is 12.1 Å². The maximum atomic E-state index is 12.3. The molecule has 7 heteroatoms. The van der Waals surface area contributed by atoms with E-state index in [9.17, 15) is 19.5 Å². The van der Waals surface area contributed by atoms with Crippen LogP contribution in [-0.2, 0) is 20.8 Å². The fourth-order valence-electron chi connectivity index (χ4n) is 2.07. The van der Waals surface area contributed by atoms with Crippen LogP contribution < -0.4 is 10.6 Å². The SMILES string of the molecule is CC(=O)N[C@@H](C(=O)N[C@H](Cc1ccc(Cl)cc1)C(=O)O)C(C)C. The molecule has 126 valence electrons. The Balaban J connectivity index is 2.81. The van der Waals surface area contributed by atoms with E-state index in [4.69, 9.17) is 11.6 Å². The maximum absolute atomic E-state index is 12.3. The highest BCUT2D eigenvalue weighted by Gasteiger charge is 2.28. The zero-order valence-electron chi connectivity index (χ0n) is 13.3. The third-order valence-electron chi connectivity index (χ3n) is 3.28. The molecule has 0 aliphatic heterocycles. The molecule has 0 aliphatic carbocycles. The van der Waals surface area contributed by atoms with Gasteiger partial charge in [0.15, 0.2) is 0 Å². The predicted octanol–water partition coefficient (Wildman–Crippen LogP) is 1.61. The molecule has 0 aromatic heterocycles. The Morgan fingerprint density at radius 2 is 1.70 bits per heavy atom. The predicted molar refractivity (Wildman–Crippen MR) is 87.2 cm³/mol. The lowest BCUT2D eigenvalue weighted by Gasteiger charge is -2.23. The van der Waals surface area contributed by atoms with Crippen molar-refractivity contribution in [2.24, 2.45) is 5.92 Å². The van der Waals surface area contributed by atoms with E-state index < -0.39 is 24.0 Å². The largest absolute Gasteiger partial charge is 0.480 e. The number of carbonyl (C=O) groups is 3. The third kappa shape index (κ3) is 6.28. The average Bonchev–Trinajstić information content (AvgIpc) is 2.45. The number of amides is 2. The van der Waals surface area contributed by atoms with E-state index in [0.29, 0.717) is 5.02 Å². The first kappa shape index (κ1) is 19.0. The van der Waals surface area contributed by atoms with Crippen molar-refractivity contribution < 1.29 is 19.5 Å². The average molecular weight is 341 g/mol. The molecule has 6 nitrogen and oxygen atoms in total. The summed E-state index contributed by atoms with van der Waals surface area (Å²) in [6.07, 6.45) is 0.128. The minimum absolute atomic E-state index is 0.128. The highest BCUT2D eigenvalue weighted by Crippen LogP contribution is 2.12. The van der Waals surface area contributed by atoms with Crippen molar-refractivity contribution in [1.82, 2.24) is 10.6 Å². The number of aliphatic carboxylic acids is 1. The second-order valence-corrected chi connectivity index (χ2v) is 6.09. The van der Waals surface area contributed by atoms with Gasteiger partial charge in [-0.25, -0.2) is 4.79 Å². The van der Waals surface area contributed by atoms with Crippen molar-refractivity contribution in [1.29, 1.82) is 0 Å². The molecule has 0 heterocycles. The minimum atomic E-state index is -1.14. The first-order chi connectivity index (χ1) is 10.7. The molecule has 0 bridgehead atoms. The number of benzene rings is 1. The van der Waals surface area contributed by atoms with Gasteiger partial charge in [0.2, 0.25) is 11.8 Å². The molecule has 3 N–H and O–H groups in total. The van der Waals surface area contributed by atoms with E-state index in [2.05, 4.69) is 10.6 Å². The van der Waals surface area contributed by atoms with Crippen LogP contribution in [0.15, 0.2) is 24.3 Å². The van der Waals surface area contributed by atoms with Crippen LogP contribution in [0, 0.1) is 5.92 Å². The van der Waals surface area contributed by atoms with E-state index in [1.54, 1.807) is 38.1 Å². The fraction of sp³-hybridized carbons (Fsp3) is 0.438. The van der Waals surface area contributed by atoms with Crippen LogP contribution >= 0.6 is 11.6 Å². The molecule has 0 aliphatic rings. The molecule has 1 aromatic rings. The zero-order chi connectivity index (χ0) is 17.6. The van der Waals surface area contributed by atoms with Crippen molar-refractivity contribution in [2.75, 3.05) is 0 Å². The highest BCUT2D eigenvalue weighted by molar-refractivity contribution is 6.30. The summed E-state index contributed by atoms with van der Waals surface area (Å²) >= 11 is 5.79. The van der Waals surface area contributed by atoms with Gasteiger partial charge in [0.25, 0.3) is 0 Å². The Morgan fingerprint density at radius 3 is 2.13 bits per heavy atom. The van der Waals surface area contributed by atoms with Crippen molar-refractivity contribution in [3.05, 3.63) is 34.9 Å². The third-order valence-corrected chi connectivity index (χ3v) is 3.53. The Labute approximate surface area is 140 Å². The fourth-order valence-corrected chi connectivity index (χ4v) is 2.20. The number of nitrogens with one attached hydrogen (secondary N) is 2.